The lowest BCUT2D eigenvalue weighted by Crippen LogP contribution is -2.27. The van der Waals surface area contributed by atoms with Gasteiger partial charge in [0.05, 0.1) is 12.0 Å². The number of nitrogens with one attached hydrogen (secondary N) is 1. The number of pyridine rings is 1. The SMILES string of the molecule is Cn1cnc(-c2ccncc2)c1C1CCNCC1. The third-order valence-electron chi connectivity index (χ3n) is 3.66. The molecule has 0 amide bonds. The second kappa shape index (κ2) is 4.90. The van der Waals surface area contributed by atoms with Gasteiger partial charge in [-0.3, -0.25) is 4.98 Å². The van der Waals surface area contributed by atoms with Gasteiger partial charge < -0.3 is 9.88 Å². The molecule has 3 heterocycles. The van der Waals surface area contributed by atoms with Crippen LogP contribution in [0.15, 0.2) is 30.9 Å². The number of rotatable bonds is 2. The normalized spacial score (nSPS) is 16.9. The topological polar surface area (TPSA) is 42.7 Å². The lowest BCUT2D eigenvalue weighted by molar-refractivity contribution is 0.446. The summed E-state index contributed by atoms with van der Waals surface area (Å²) in [7, 11) is 2.09. The number of piperidine rings is 1. The van der Waals surface area contributed by atoms with Crippen LogP contribution in [-0.4, -0.2) is 27.6 Å². The quantitative estimate of drug-likeness (QED) is 0.875. The Hall–Kier alpha value is -1.68. The molecule has 18 heavy (non-hydrogen) atoms. The molecule has 1 aliphatic heterocycles. The third kappa shape index (κ3) is 2.04. The third-order valence-corrected chi connectivity index (χ3v) is 3.66. The zero-order valence-corrected chi connectivity index (χ0v) is 10.6. The van der Waals surface area contributed by atoms with E-state index in [1.807, 2.05) is 30.9 Å². The van der Waals surface area contributed by atoms with E-state index >= 15 is 0 Å². The summed E-state index contributed by atoms with van der Waals surface area (Å²) in [5.41, 5.74) is 3.65. The summed E-state index contributed by atoms with van der Waals surface area (Å²) in [6.45, 7) is 2.21. The Labute approximate surface area is 107 Å². The van der Waals surface area contributed by atoms with Gasteiger partial charge in [0.25, 0.3) is 0 Å². The van der Waals surface area contributed by atoms with Crippen molar-refractivity contribution in [3.8, 4) is 11.3 Å². The van der Waals surface area contributed by atoms with Crippen molar-refractivity contribution < 1.29 is 0 Å². The highest BCUT2D eigenvalue weighted by atomic mass is 15.0. The minimum absolute atomic E-state index is 0.613. The van der Waals surface area contributed by atoms with Gasteiger partial charge in [0.1, 0.15) is 0 Å². The molecule has 0 radical (unpaired) electrons. The summed E-state index contributed by atoms with van der Waals surface area (Å²) in [4.78, 5) is 8.65. The molecule has 94 valence electrons. The molecule has 4 heteroatoms. The standard InChI is InChI=1S/C14H18N4/c1-18-10-17-13(11-2-6-15-7-3-11)14(18)12-4-8-16-9-5-12/h2-3,6-7,10,12,16H,4-5,8-9H2,1H3. The molecule has 2 aromatic rings. The first-order valence-electron chi connectivity index (χ1n) is 6.48. The summed E-state index contributed by atoms with van der Waals surface area (Å²) in [6, 6.07) is 4.07. The predicted molar refractivity (Wildman–Crippen MR) is 71.3 cm³/mol. The molecular weight excluding hydrogens is 224 g/mol. The number of hydrogen-bond acceptors (Lipinski definition) is 3. The van der Waals surface area contributed by atoms with Crippen molar-refractivity contribution in [1.29, 1.82) is 0 Å². The smallest absolute Gasteiger partial charge is 0.0953 e. The van der Waals surface area contributed by atoms with Crippen LogP contribution >= 0.6 is 0 Å². The van der Waals surface area contributed by atoms with Gasteiger partial charge in [0, 0.05) is 36.6 Å². The van der Waals surface area contributed by atoms with Crippen LogP contribution < -0.4 is 5.32 Å². The van der Waals surface area contributed by atoms with Gasteiger partial charge in [-0.15, -0.1) is 0 Å². The van der Waals surface area contributed by atoms with Gasteiger partial charge in [-0.1, -0.05) is 0 Å². The molecule has 0 atom stereocenters. The van der Waals surface area contributed by atoms with Crippen LogP contribution in [0.25, 0.3) is 11.3 Å². The average molecular weight is 242 g/mol. The molecule has 4 nitrogen and oxygen atoms in total. The molecule has 2 aromatic heterocycles. The van der Waals surface area contributed by atoms with E-state index in [2.05, 4.69) is 26.9 Å². The first-order valence-corrected chi connectivity index (χ1v) is 6.48. The monoisotopic (exact) mass is 242 g/mol. The zero-order valence-electron chi connectivity index (χ0n) is 10.6. The molecule has 0 bridgehead atoms. The van der Waals surface area contributed by atoms with Gasteiger partial charge in [0.2, 0.25) is 0 Å². The van der Waals surface area contributed by atoms with E-state index in [1.54, 1.807) is 0 Å². The van der Waals surface area contributed by atoms with E-state index in [-0.39, 0.29) is 0 Å². The zero-order chi connectivity index (χ0) is 12.4. The Morgan fingerprint density at radius 3 is 2.67 bits per heavy atom. The molecule has 0 saturated carbocycles. The van der Waals surface area contributed by atoms with E-state index in [1.165, 1.54) is 24.1 Å². The van der Waals surface area contributed by atoms with Gasteiger partial charge in [-0.2, -0.15) is 0 Å². The fraction of sp³-hybridized carbons (Fsp3) is 0.429. The summed E-state index contributed by atoms with van der Waals surface area (Å²) in [5, 5.41) is 3.42. The molecule has 3 rings (SSSR count). The molecule has 1 saturated heterocycles. The Kier molecular flexibility index (Phi) is 3.11. The van der Waals surface area contributed by atoms with Crippen molar-refractivity contribution in [3.05, 3.63) is 36.5 Å². The van der Waals surface area contributed by atoms with Crippen molar-refractivity contribution in [2.24, 2.45) is 7.05 Å². The van der Waals surface area contributed by atoms with Gasteiger partial charge in [0.15, 0.2) is 0 Å². The van der Waals surface area contributed by atoms with Crippen molar-refractivity contribution in [3.63, 3.8) is 0 Å². The second-order valence-electron chi connectivity index (χ2n) is 4.85. The molecule has 0 unspecified atom stereocenters. The molecule has 0 spiro atoms. The van der Waals surface area contributed by atoms with E-state index in [0.29, 0.717) is 5.92 Å². The highest BCUT2D eigenvalue weighted by Gasteiger charge is 2.22. The summed E-state index contributed by atoms with van der Waals surface area (Å²) in [5.74, 6) is 0.613. The van der Waals surface area contributed by atoms with Crippen LogP contribution in [-0.2, 0) is 7.05 Å². The highest BCUT2D eigenvalue weighted by Crippen LogP contribution is 2.32. The molecule has 1 aliphatic rings. The number of imidazole rings is 1. The lowest BCUT2D eigenvalue weighted by atomic mass is 9.91. The molecule has 0 aromatic carbocycles. The number of aromatic nitrogens is 3. The Morgan fingerprint density at radius 2 is 1.94 bits per heavy atom. The molecule has 0 aliphatic carbocycles. The van der Waals surface area contributed by atoms with E-state index < -0.39 is 0 Å². The fourth-order valence-electron chi connectivity index (χ4n) is 2.75. The lowest BCUT2D eigenvalue weighted by Gasteiger charge is -2.24. The average Bonchev–Trinajstić information content (AvgIpc) is 2.83. The van der Waals surface area contributed by atoms with Crippen molar-refractivity contribution >= 4 is 0 Å². The predicted octanol–water partition coefficient (Wildman–Crippen LogP) is 1.95. The van der Waals surface area contributed by atoms with E-state index in [4.69, 9.17) is 0 Å². The van der Waals surface area contributed by atoms with E-state index in [0.717, 1.165) is 18.8 Å². The maximum atomic E-state index is 4.58. The van der Waals surface area contributed by atoms with Crippen molar-refractivity contribution in [2.75, 3.05) is 13.1 Å². The minimum atomic E-state index is 0.613. The Bertz CT molecular complexity index is 512. The van der Waals surface area contributed by atoms with Gasteiger partial charge in [-0.05, 0) is 38.1 Å². The fourth-order valence-corrected chi connectivity index (χ4v) is 2.75. The van der Waals surface area contributed by atoms with E-state index in [9.17, 15) is 0 Å². The first-order chi connectivity index (χ1) is 8.86. The largest absolute Gasteiger partial charge is 0.337 e. The summed E-state index contributed by atoms with van der Waals surface area (Å²) in [6.07, 6.45) is 7.97. The number of nitrogens with zero attached hydrogens (tertiary/aromatic N) is 3. The van der Waals surface area contributed by atoms with Crippen molar-refractivity contribution in [2.45, 2.75) is 18.8 Å². The molecular formula is C14H18N4. The Morgan fingerprint density at radius 1 is 1.22 bits per heavy atom. The first kappa shape index (κ1) is 11.4. The van der Waals surface area contributed by atoms with Crippen LogP contribution in [0.3, 0.4) is 0 Å². The van der Waals surface area contributed by atoms with Crippen LogP contribution in [0.1, 0.15) is 24.5 Å². The van der Waals surface area contributed by atoms with Crippen LogP contribution in [0, 0.1) is 0 Å². The van der Waals surface area contributed by atoms with Crippen LogP contribution in [0.2, 0.25) is 0 Å². The number of aryl methyl sites for hydroxylation is 1. The van der Waals surface area contributed by atoms with Gasteiger partial charge >= 0.3 is 0 Å². The summed E-state index contributed by atoms with van der Waals surface area (Å²) >= 11 is 0. The van der Waals surface area contributed by atoms with Crippen LogP contribution in [0.4, 0.5) is 0 Å². The molecule has 1 N–H and O–H groups in total. The minimum Gasteiger partial charge on any atom is -0.337 e. The van der Waals surface area contributed by atoms with Gasteiger partial charge in [-0.25, -0.2) is 4.98 Å². The second-order valence-corrected chi connectivity index (χ2v) is 4.85. The molecule has 1 fully saturated rings. The van der Waals surface area contributed by atoms with Crippen molar-refractivity contribution in [1.82, 2.24) is 19.9 Å². The maximum absolute atomic E-state index is 4.58. The number of hydrogen-bond donors (Lipinski definition) is 1. The summed E-state index contributed by atoms with van der Waals surface area (Å²) < 4.78 is 2.17. The Balaban J connectivity index is 2.01. The highest BCUT2D eigenvalue weighted by molar-refractivity contribution is 5.62. The maximum Gasteiger partial charge on any atom is 0.0953 e. The van der Waals surface area contributed by atoms with Crippen LogP contribution in [0.5, 0.6) is 0 Å².